The second-order valence-electron chi connectivity index (χ2n) is 34.9. The van der Waals surface area contributed by atoms with Crippen molar-refractivity contribution in [1.82, 2.24) is 0 Å². The molecule has 0 bridgehead atoms. The van der Waals surface area contributed by atoms with Crippen molar-refractivity contribution < 1.29 is 26.5 Å². The van der Waals surface area contributed by atoms with Gasteiger partial charge in [0.2, 0.25) is 0 Å². The minimum absolute atomic E-state index is 0.863. The Kier molecular flexibility index (Phi) is 18.1. The predicted molar refractivity (Wildman–Crippen MR) is 561 cm³/mol. The van der Waals surface area contributed by atoms with Crippen LogP contribution in [-0.4, -0.2) is 0 Å². The summed E-state index contributed by atoms with van der Waals surface area (Å²) in [6, 6.07) is 169. The number of hydrogen-bond acceptors (Lipinski definition) is 10. The summed E-state index contributed by atoms with van der Waals surface area (Å²) >= 11 is 0. The first-order valence-electron chi connectivity index (χ1n) is 45.9. The molecule has 6 aromatic heterocycles. The fourth-order valence-electron chi connectivity index (χ4n) is 20.5. The van der Waals surface area contributed by atoms with E-state index >= 15 is 0 Å². The van der Waals surface area contributed by atoms with Gasteiger partial charge in [0.1, 0.15) is 67.0 Å². The van der Waals surface area contributed by atoms with Crippen LogP contribution in [0.3, 0.4) is 0 Å². The summed E-state index contributed by atoms with van der Waals surface area (Å²) in [4.78, 5) is 9.40. The molecule has 27 aromatic rings. The Morgan fingerprint density at radius 2 is 0.272 bits per heavy atom. The molecule has 0 amide bonds. The molecule has 0 aliphatic carbocycles. The number of furan rings is 6. The predicted octanol–water partition coefficient (Wildman–Crippen LogP) is 37.0. The second-order valence-corrected chi connectivity index (χ2v) is 34.9. The van der Waals surface area contributed by atoms with Gasteiger partial charge in [-0.15, -0.1) is 0 Å². The molecule has 0 fully saturated rings. The molecule has 10 nitrogen and oxygen atoms in total. The number of para-hydroxylation sites is 9. The Labute approximate surface area is 780 Å². The first-order chi connectivity index (χ1) is 67.3. The lowest BCUT2D eigenvalue weighted by Gasteiger charge is -2.30. The van der Waals surface area contributed by atoms with Gasteiger partial charge in [0.25, 0.3) is 0 Å². The van der Waals surface area contributed by atoms with Gasteiger partial charge in [-0.3, -0.25) is 0 Å². The Balaban J connectivity index is 0.591. The highest BCUT2D eigenvalue weighted by Gasteiger charge is 2.25. The summed E-state index contributed by atoms with van der Waals surface area (Å²) in [6.45, 7) is 0. The molecule has 0 aliphatic rings. The highest BCUT2D eigenvalue weighted by Crippen LogP contribution is 2.49. The molecule has 21 aromatic carbocycles. The number of rotatable bonds is 18. The van der Waals surface area contributed by atoms with Crippen LogP contribution in [0, 0.1) is 0 Å². The van der Waals surface area contributed by atoms with Crippen molar-refractivity contribution in [1.29, 1.82) is 0 Å². The highest BCUT2D eigenvalue weighted by molar-refractivity contribution is 6.14. The van der Waals surface area contributed by atoms with Crippen molar-refractivity contribution in [3.05, 3.63) is 473 Å². The molecule has 0 saturated heterocycles. The summed E-state index contributed by atoms with van der Waals surface area (Å²) in [6.07, 6.45) is 0. The van der Waals surface area contributed by atoms with Gasteiger partial charge in [-0.25, -0.2) is 0 Å². The lowest BCUT2D eigenvalue weighted by atomic mass is 10.0. The summed E-state index contributed by atoms with van der Waals surface area (Å²) < 4.78 is 38.9. The van der Waals surface area contributed by atoms with Crippen molar-refractivity contribution in [2.24, 2.45) is 0 Å². The SMILES string of the molecule is c1ccc2c(c1)oc1ccc(-c3ccc(N(c4ccc(-c5cccc6c5oc5ccccc56)cc4)c4ccc(N(c5ccc(N(c6ccc(-c7ccc8oc9ccccc9c8c7)cc6)c6ccc(-c7cccc8c7oc7ccccc78)cc6)cc5)c5ccc(N(c6ccc(-c7ccc8oc9ccccc9c8c7)cc6)c6ccc(-c7cccc8c7oc7ccccc78)cc6)cc5)cc4)cc3)cc12. The van der Waals surface area contributed by atoms with Gasteiger partial charge in [0, 0.05) is 150 Å². The quantitative estimate of drug-likeness (QED) is 0.0827. The monoisotopic (exact) mass is 1740 g/mol. The average Bonchev–Trinajstić information content (AvgIpc) is 1.56. The van der Waals surface area contributed by atoms with Crippen molar-refractivity contribution in [3.8, 4) is 66.8 Å². The maximum atomic E-state index is 6.64. The first kappa shape index (κ1) is 77.6. The van der Waals surface area contributed by atoms with E-state index in [1.165, 1.54) is 0 Å². The fraction of sp³-hybridized carbons (Fsp3) is 0. The van der Waals surface area contributed by atoms with Crippen LogP contribution in [0.5, 0.6) is 0 Å². The molecule has 10 heteroatoms. The third kappa shape index (κ3) is 13.2. The molecule has 0 unspecified atom stereocenters. The molecule has 27 rings (SSSR count). The van der Waals surface area contributed by atoms with E-state index in [1.807, 2.05) is 72.8 Å². The minimum atomic E-state index is 0.863. The van der Waals surface area contributed by atoms with Crippen LogP contribution in [-0.2, 0) is 0 Å². The van der Waals surface area contributed by atoms with Gasteiger partial charge in [0.15, 0.2) is 0 Å². The van der Waals surface area contributed by atoms with Gasteiger partial charge in [-0.05, 0) is 268 Å². The van der Waals surface area contributed by atoms with Crippen LogP contribution in [0.4, 0.5) is 68.2 Å². The topological polar surface area (TPSA) is 91.8 Å². The molecule has 0 aliphatic heterocycles. The van der Waals surface area contributed by atoms with Crippen LogP contribution in [0.15, 0.2) is 500 Å². The molecular formula is C126H78N4O6. The molecule has 6 heterocycles. The van der Waals surface area contributed by atoms with Crippen molar-refractivity contribution in [2.75, 3.05) is 19.6 Å². The van der Waals surface area contributed by atoms with Crippen LogP contribution in [0.2, 0.25) is 0 Å². The second kappa shape index (κ2) is 31.7. The molecular weight excluding hydrogens is 1670 g/mol. The minimum Gasteiger partial charge on any atom is -0.456 e. The van der Waals surface area contributed by atoms with E-state index in [2.05, 4.69) is 420 Å². The van der Waals surface area contributed by atoms with Crippen molar-refractivity contribution in [2.45, 2.75) is 0 Å². The number of anilines is 12. The van der Waals surface area contributed by atoms with Crippen LogP contribution in [0.1, 0.15) is 0 Å². The van der Waals surface area contributed by atoms with E-state index in [-0.39, 0.29) is 0 Å². The number of nitrogens with zero attached hydrogens (tertiary/aromatic N) is 4. The zero-order valence-corrected chi connectivity index (χ0v) is 73.3. The van der Waals surface area contributed by atoms with E-state index < -0.39 is 0 Å². The third-order valence-electron chi connectivity index (χ3n) is 27.1. The van der Waals surface area contributed by atoms with Crippen molar-refractivity contribution in [3.63, 3.8) is 0 Å². The normalized spacial score (nSPS) is 11.8. The lowest BCUT2D eigenvalue weighted by molar-refractivity contribution is 0.668. The Morgan fingerprint density at radius 3 is 0.493 bits per heavy atom. The lowest BCUT2D eigenvalue weighted by Crippen LogP contribution is -2.14. The van der Waals surface area contributed by atoms with E-state index in [0.717, 1.165) is 267 Å². The summed E-state index contributed by atoms with van der Waals surface area (Å²) in [5.74, 6) is 0. The smallest absolute Gasteiger partial charge is 0.143 e. The Morgan fingerprint density at radius 1 is 0.110 bits per heavy atom. The van der Waals surface area contributed by atoms with E-state index in [9.17, 15) is 0 Å². The van der Waals surface area contributed by atoms with Gasteiger partial charge >= 0.3 is 0 Å². The molecule has 0 radical (unpaired) electrons. The highest BCUT2D eigenvalue weighted by atomic mass is 16.3. The standard InChI is InChI=1S/C126H78N4O6/c1-10-31-118-103(16-1)109-25-13-22-100(124(109)134-118)82-40-55-91(56-41-82)127(88-49-34-79(35-50-88)85-46-73-121-112(76-85)106-19-4-7-28-115(106)131-121)94-61-67-97(68-62-94)130(98-69-63-95(64-70-98)128(89-51-36-80(37-52-89)86-47-74-122-113(77-86)107-20-5-8-29-116(107)132-122)92-57-42-83(43-58-92)101-23-14-26-110-104-17-2-11-32-119(104)135-125(101)110)99-71-65-96(66-72-99)129(90-53-38-81(39-54-90)87-48-75-123-114(78-87)108-21-6-9-30-117(108)133-123)93-59-44-84(45-60-93)102-24-15-27-111-105-18-3-12-33-120(105)136-126(102)111/h1-78H. The van der Waals surface area contributed by atoms with Gasteiger partial charge in [-0.2, -0.15) is 0 Å². The van der Waals surface area contributed by atoms with E-state index in [4.69, 9.17) is 26.5 Å². The molecule has 0 saturated carbocycles. The number of benzene rings is 21. The molecule has 0 N–H and O–H groups in total. The number of fused-ring (bicyclic) bond motifs is 18. The molecule has 136 heavy (non-hydrogen) atoms. The van der Waals surface area contributed by atoms with Crippen LogP contribution >= 0.6 is 0 Å². The zero-order chi connectivity index (χ0) is 89.4. The number of hydrogen-bond donors (Lipinski definition) is 0. The zero-order valence-electron chi connectivity index (χ0n) is 73.3. The maximum Gasteiger partial charge on any atom is 0.143 e. The molecule has 0 atom stereocenters. The third-order valence-corrected chi connectivity index (χ3v) is 27.1. The van der Waals surface area contributed by atoms with E-state index in [1.54, 1.807) is 0 Å². The Hall–Kier alpha value is -18.4. The molecule has 0 spiro atoms. The molecule has 638 valence electrons. The van der Waals surface area contributed by atoms with Crippen LogP contribution < -0.4 is 19.6 Å². The van der Waals surface area contributed by atoms with Gasteiger partial charge < -0.3 is 46.1 Å². The summed E-state index contributed by atoms with van der Waals surface area (Å²) in [7, 11) is 0. The summed E-state index contributed by atoms with van der Waals surface area (Å²) in [5, 5.41) is 13.1. The summed E-state index contributed by atoms with van der Waals surface area (Å²) in [5.41, 5.74) is 34.9. The van der Waals surface area contributed by atoms with Crippen molar-refractivity contribution >= 4 is 200 Å². The van der Waals surface area contributed by atoms with Gasteiger partial charge in [0.05, 0.1) is 0 Å². The Bertz CT molecular complexity index is 8470. The average molecular weight is 1740 g/mol. The van der Waals surface area contributed by atoms with Crippen LogP contribution in [0.25, 0.3) is 198 Å². The largest absolute Gasteiger partial charge is 0.456 e. The van der Waals surface area contributed by atoms with E-state index in [0.29, 0.717) is 0 Å². The van der Waals surface area contributed by atoms with Gasteiger partial charge in [-0.1, -0.05) is 255 Å². The fourth-order valence-corrected chi connectivity index (χ4v) is 20.5. The first-order valence-corrected chi connectivity index (χ1v) is 45.9. The maximum absolute atomic E-state index is 6.64.